The minimum absolute atomic E-state index is 0.126. The molecule has 0 amide bonds. The molecule has 1 rings (SSSR count). The fourth-order valence-electron chi connectivity index (χ4n) is 1.18. The van der Waals surface area contributed by atoms with Gasteiger partial charge in [0, 0.05) is 0 Å². The molecular weight excluding hydrogens is 206 g/mol. The van der Waals surface area contributed by atoms with Gasteiger partial charge in [0.15, 0.2) is 5.76 Å². The zero-order valence-electron chi connectivity index (χ0n) is 8.24. The summed E-state index contributed by atoms with van der Waals surface area (Å²) in [5, 5.41) is 9.13. The number of Topliss-reactive ketones (excluding diaryl/α,β-unsaturated/α-hetero) is 1. The van der Waals surface area contributed by atoms with Crippen LogP contribution in [0.15, 0.2) is 22.8 Å². The molecule has 0 aliphatic heterocycles. The van der Waals surface area contributed by atoms with Gasteiger partial charge in [0.25, 0.3) is 5.78 Å². The van der Waals surface area contributed by atoms with Crippen LogP contribution in [-0.2, 0) is 0 Å². The molecule has 1 atom stereocenters. The average Bonchev–Trinajstić information content (AvgIpc) is 2.69. The highest BCUT2D eigenvalue weighted by molar-refractivity contribution is 5.99. The molecule has 0 bridgehead atoms. The van der Waals surface area contributed by atoms with E-state index in [1.54, 1.807) is 6.92 Å². The van der Waals surface area contributed by atoms with Crippen LogP contribution < -0.4 is 0 Å². The van der Waals surface area contributed by atoms with Crippen molar-refractivity contribution in [3.8, 4) is 0 Å². The summed E-state index contributed by atoms with van der Waals surface area (Å²) in [6.45, 7) is 1.65. The molecule has 84 valence electrons. The van der Waals surface area contributed by atoms with Crippen molar-refractivity contribution >= 4 is 5.78 Å². The van der Waals surface area contributed by atoms with Crippen LogP contribution in [0.1, 0.15) is 30.3 Å². The molecule has 0 aromatic carbocycles. The lowest BCUT2D eigenvalue weighted by molar-refractivity contribution is -0.0812. The van der Waals surface area contributed by atoms with Crippen molar-refractivity contribution in [1.82, 2.24) is 0 Å². The Morgan fingerprint density at radius 1 is 1.67 bits per heavy atom. The van der Waals surface area contributed by atoms with Crippen LogP contribution >= 0.6 is 0 Å². The minimum atomic E-state index is -3.78. The summed E-state index contributed by atoms with van der Waals surface area (Å²) in [6, 6.07) is 2.49. The molecule has 15 heavy (non-hydrogen) atoms. The van der Waals surface area contributed by atoms with Crippen molar-refractivity contribution in [2.24, 2.45) is 0 Å². The predicted octanol–water partition coefficient (Wildman–Crippen LogP) is 2.26. The molecule has 1 unspecified atom stereocenters. The Morgan fingerprint density at radius 2 is 2.33 bits per heavy atom. The van der Waals surface area contributed by atoms with E-state index in [-0.39, 0.29) is 6.42 Å². The Bertz CT molecular complexity index is 319. The molecule has 1 heterocycles. The quantitative estimate of drug-likeness (QED) is 0.771. The van der Waals surface area contributed by atoms with Crippen LogP contribution in [0.25, 0.3) is 0 Å². The third-order valence-electron chi connectivity index (χ3n) is 2.03. The number of hydrogen-bond acceptors (Lipinski definition) is 3. The van der Waals surface area contributed by atoms with Crippen molar-refractivity contribution < 1.29 is 23.1 Å². The maximum absolute atomic E-state index is 13.3. The molecule has 0 aliphatic rings. The number of halogens is 2. The minimum Gasteiger partial charge on any atom is -0.461 e. The van der Waals surface area contributed by atoms with Gasteiger partial charge in [-0.1, -0.05) is 13.3 Å². The zero-order chi connectivity index (χ0) is 11.5. The van der Waals surface area contributed by atoms with Gasteiger partial charge < -0.3 is 9.52 Å². The molecule has 0 saturated carbocycles. The molecule has 0 saturated heterocycles. The fourth-order valence-corrected chi connectivity index (χ4v) is 1.18. The predicted molar refractivity (Wildman–Crippen MR) is 48.9 cm³/mol. The standard InChI is InChI=1S/C10H12F2O3/c1-2-4-8(13)10(11,12)9(14)7-5-3-6-15-7/h3,5-6,8,13H,2,4H2,1H3. The van der Waals surface area contributed by atoms with E-state index in [1.807, 2.05) is 0 Å². The van der Waals surface area contributed by atoms with Crippen molar-refractivity contribution in [1.29, 1.82) is 0 Å². The topological polar surface area (TPSA) is 50.4 Å². The SMILES string of the molecule is CCCC(O)C(F)(F)C(=O)c1ccco1. The highest BCUT2D eigenvalue weighted by Crippen LogP contribution is 2.26. The molecule has 0 fully saturated rings. The first kappa shape index (κ1) is 11.8. The van der Waals surface area contributed by atoms with Gasteiger partial charge in [-0.3, -0.25) is 4.79 Å². The van der Waals surface area contributed by atoms with E-state index in [0.717, 1.165) is 12.3 Å². The Labute approximate surface area is 85.7 Å². The molecule has 1 aromatic heterocycles. The van der Waals surface area contributed by atoms with E-state index in [0.29, 0.717) is 6.42 Å². The second-order valence-corrected chi connectivity index (χ2v) is 3.23. The van der Waals surface area contributed by atoms with Crippen LogP contribution in [0.3, 0.4) is 0 Å². The summed E-state index contributed by atoms with van der Waals surface area (Å²) in [6.07, 6.45) is -0.572. The first-order chi connectivity index (χ1) is 7.00. The Balaban J connectivity index is 2.81. The summed E-state index contributed by atoms with van der Waals surface area (Å²) >= 11 is 0. The second kappa shape index (κ2) is 4.53. The number of furan rings is 1. The smallest absolute Gasteiger partial charge is 0.338 e. The number of carbonyl (C=O) groups is 1. The van der Waals surface area contributed by atoms with Crippen LogP contribution in [-0.4, -0.2) is 22.9 Å². The largest absolute Gasteiger partial charge is 0.461 e. The molecule has 0 radical (unpaired) electrons. The van der Waals surface area contributed by atoms with Crippen molar-refractivity contribution in [2.45, 2.75) is 31.8 Å². The molecule has 1 aromatic rings. The first-order valence-corrected chi connectivity index (χ1v) is 4.64. The van der Waals surface area contributed by atoms with Crippen molar-refractivity contribution in [3.63, 3.8) is 0 Å². The van der Waals surface area contributed by atoms with Crippen LogP contribution in [0, 0.1) is 0 Å². The van der Waals surface area contributed by atoms with E-state index < -0.39 is 23.6 Å². The van der Waals surface area contributed by atoms with E-state index >= 15 is 0 Å². The monoisotopic (exact) mass is 218 g/mol. The van der Waals surface area contributed by atoms with E-state index in [9.17, 15) is 13.6 Å². The molecule has 3 nitrogen and oxygen atoms in total. The van der Waals surface area contributed by atoms with E-state index in [1.165, 1.54) is 6.07 Å². The summed E-state index contributed by atoms with van der Waals surface area (Å²) in [4.78, 5) is 11.2. The summed E-state index contributed by atoms with van der Waals surface area (Å²) in [5.74, 6) is -5.70. The highest BCUT2D eigenvalue weighted by Gasteiger charge is 2.47. The number of hydrogen-bond donors (Lipinski definition) is 1. The summed E-state index contributed by atoms with van der Waals surface area (Å²) in [7, 11) is 0. The Hall–Kier alpha value is -1.23. The number of alkyl halides is 2. The zero-order valence-corrected chi connectivity index (χ0v) is 8.24. The molecule has 0 spiro atoms. The Kier molecular flexibility index (Phi) is 3.57. The van der Waals surface area contributed by atoms with Crippen LogP contribution in [0.2, 0.25) is 0 Å². The fraction of sp³-hybridized carbons (Fsp3) is 0.500. The molecule has 1 N–H and O–H groups in total. The van der Waals surface area contributed by atoms with E-state index in [2.05, 4.69) is 4.42 Å². The third-order valence-corrected chi connectivity index (χ3v) is 2.03. The first-order valence-electron chi connectivity index (χ1n) is 4.64. The van der Waals surface area contributed by atoms with Crippen LogP contribution in [0.4, 0.5) is 8.78 Å². The van der Waals surface area contributed by atoms with Crippen molar-refractivity contribution in [3.05, 3.63) is 24.2 Å². The molecular formula is C10H12F2O3. The molecule has 0 aliphatic carbocycles. The van der Waals surface area contributed by atoms with Crippen molar-refractivity contribution in [2.75, 3.05) is 0 Å². The maximum Gasteiger partial charge on any atom is 0.338 e. The van der Waals surface area contributed by atoms with Gasteiger partial charge in [0.05, 0.1) is 6.26 Å². The number of rotatable bonds is 5. The average molecular weight is 218 g/mol. The highest BCUT2D eigenvalue weighted by atomic mass is 19.3. The van der Waals surface area contributed by atoms with Gasteiger partial charge in [0.2, 0.25) is 0 Å². The molecule has 5 heteroatoms. The lowest BCUT2D eigenvalue weighted by atomic mass is 10.0. The van der Waals surface area contributed by atoms with Gasteiger partial charge in [-0.05, 0) is 18.6 Å². The summed E-state index contributed by atoms with van der Waals surface area (Å²) in [5.41, 5.74) is 0. The van der Waals surface area contributed by atoms with Gasteiger partial charge in [-0.2, -0.15) is 8.78 Å². The van der Waals surface area contributed by atoms with Gasteiger partial charge in [0.1, 0.15) is 6.10 Å². The number of carbonyl (C=O) groups excluding carboxylic acids is 1. The number of ketones is 1. The number of aliphatic hydroxyl groups is 1. The van der Waals surface area contributed by atoms with E-state index in [4.69, 9.17) is 5.11 Å². The van der Waals surface area contributed by atoms with Gasteiger partial charge in [-0.15, -0.1) is 0 Å². The summed E-state index contributed by atoms with van der Waals surface area (Å²) < 4.78 is 31.2. The third kappa shape index (κ3) is 2.41. The maximum atomic E-state index is 13.3. The van der Waals surface area contributed by atoms with Gasteiger partial charge >= 0.3 is 5.92 Å². The Morgan fingerprint density at radius 3 is 2.80 bits per heavy atom. The number of aliphatic hydroxyl groups excluding tert-OH is 1. The normalized spacial score (nSPS) is 13.9. The lowest BCUT2D eigenvalue weighted by Crippen LogP contribution is -2.41. The second-order valence-electron chi connectivity index (χ2n) is 3.23. The van der Waals surface area contributed by atoms with Crippen LogP contribution in [0.5, 0.6) is 0 Å². The van der Waals surface area contributed by atoms with Gasteiger partial charge in [-0.25, -0.2) is 0 Å². The lowest BCUT2D eigenvalue weighted by Gasteiger charge is -2.19.